The lowest BCUT2D eigenvalue weighted by Crippen LogP contribution is -2.65. The maximum Gasteiger partial charge on any atom is 0.418 e. The lowest BCUT2D eigenvalue weighted by Gasteiger charge is -2.57. The first-order valence-electron chi connectivity index (χ1n) is 7.57. The molecular formula is C15H22F3NO4S. The second kappa shape index (κ2) is 5.72. The molecular weight excluding hydrogens is 347 g/mol. The molecule has 0 saturated heterocycles. The second-order valence-electron chi connectivity index (χ2n) is 7.27. The van der Waals surface area contributed by atoms with Crippen LogP contribution in [0.15, 0.2) is 11.6 Å². The molecule has 5 nitrogen and oxygen atoms in total. The number of carbonyl (C=O) groups excluding carboxylic acids is 1. The molecule has 3 unspecified atom stereocenters. The van der Waals surface area contributed by atoms with Gasteiger partial charge in [-0.25, -0.2) is 13.2 Å². The van der Waals surface area contributed by atoms with E-state index in [2.05, 4.69) is 4.74 Å². The van der Waals surface area contributed by atoms with Gasteiger partial charge in [-0.1, -0.05) is 25.5 Å². The molecule has 3 aliphatic rings. The van der Waals surface area contributed by atoms with Crippen molar-refractivity contribution in [3.05, 3.63) is 11.6 Å². The number of methoxy groups -OCH3 is 1. The van der Waals surface area contributed by atoms with Crippen molar-refractivity contribution in [2.75, 3.05) is 13.4 Å². The van der Waals surface area contributed by atoms with Crippen LogP contribution in [0.5, 0.6) is 0 Å². The maximum atomic E-state index is 13.8. The third-order valence-electron chi connectivity index (χ3n) is 5.43. The number of ether oxygens (including phenoxy) is 1. The van der Waals surface area contributed by atoms with Crippen LogP contribution in [0.2, 0.25) is 0 Å². The molecule has 9 heteroatoms. The van der Waals surface area contributed by atoms with E-state index in [1.165, 1.54) is 4.72 Å². The van der Waals surface area contributed by atoms with Crippen LogP contribution < -0.4 is 4.72 Å². The third-order valence-corrected chi connectivity index (χ3v) is 6.15. The molecule has 3 rings (SSSR count). The van der Waals surface area contributed by atoms with Gasteiger partial charge in [-0.2, -0.15) is 17.9 Å². The van der Waals surface area contributed by atoms with Crippen molar-refractivity contribution in [1.82, 2.24) is 4.72 Å². The largest absolute Gasteiger partial charge is 0.467 e. The summed E-state index contributed by atoms with van der Waals surface area (Å²) in [6.07, 6.45) is -2.21. The van der Waals surface area contributed by atoms with Crippen molar-refractivity contribution in [3.63, 3.8) is 0 Å². The number of hydrogen-bond acceptors (Lipinski definition) is 4. The van der Waals surface area contributed by atoms with Crippen molar-refractivity contribution >= 4 is 16.0 Å². The zero-order valence-corrected chi connectivity index (χ0v) is 14.8. The van der Waals surface area contributed by atoms with Gasteiger partial charge < -0.3 is 4.74 Å². The zero-order chi connectivity index (χ0) is 18.6. The fraction of sp³-hybridized carbons (Fsp3) is 0.800. The SMILES string of the molecule is COC(=O)C(CC1=CCC2CC1C2(C)C)(NS(C)(=O)=O)C(F)(F)F. The van der Waals surface area contributed by atoms with Crippen LogP contribution in [-0.2, 0) is 19.6 Å². The topological polar surface area (TPSA) is 72.5 Å². The molecule has 2 bridgehead atoms. The van der Waals surface area contributed by atoms with E-state index < -0.39 is 34.1 Å². The van der Waals surface area contributed by atoms with E-state index in [9.17, 15) is 26.4 Å². The molecule has 1 saturated carbocycles. The van der Waals surface area contributed by atoms with Crippen LogP contribution in [0.25, 0.3) is 0 Å². The summed E-state index contributed by atoms with van der Waals surface area (Å²) in [5.41, 5.74) is -3.00. The van der Waals surface area contributed by atoms with E-state index >= 15 is 0 Å². The number of nitrogens with one attached hydrogen (secondary N) is 1. The highest BCUT2D eigenvalue weighted by Gasteiger charge is 2.65. The first-order chi connectivity index (χ1) is 10.7. The molecule has 0 heterocycles. The van der Waals surface area contributed by atoms with E-state index in [1.807, 2.05) is 13.8 Å². The molecule has 0 spiro atoms. The number of fused-ring (bicyclic) bond motifs is 1. The summed E-state index contributed by atoms with van der Waals surface area (Å²) in [5.74, 6) is -1.34. The fourth-order valence-corrected chi connectivity index (χ4v) is 4.80. The van der Waals surface area contributed by atoms with E-state index in [0.717, 1.165) is 13.5 Å². The van der Waals surface area contributed by atoms with Crippen LogP contribution in [-0.4, -0.2) is 39.5 Å². The number of carbonyl (C=O) groups is 1. The Morgan fingerprint density at radius 2 is 2.00 bits per heavy atom. The lowest BCUT2D eigenvalue weighted by atomic mass is 9.48. The Balaban J connectivity index is 2.46. The Kier molecular flexibility index (Phi) is 4.59. The highest BCUT2D eigenvalue weighted by molar-refractivity contribution is 7.88. The average molecular weight is 369 g/mol. The maximum absolute atomic E-state index is 13.8. The van der Waals surface area contributed by atoms with Crippen LogP contribution in [0.1, 0.15) is 33.1 Å². The molecule has 24 heavy (non-hydrogen) atoms. The number of hydrogen-bond donors (Lipinski definition) is 1. The lowest BCUT2D eigenvalue weighted by molar-refractivity contribution is -0.208. The van der Waals surface area contributed by atoms with Crippen molar-refractivity contribution < 1.29 is 31.1 Å². The monoisotopic (exact) mass is 369 g/mol. The van der Waals surface area contributed by atoms with Gasteiger partial charge in [-0.05, 0) is 30.1 Å². The minimum atomic E-state index is -5.13. The minimum absolute atomic E-state index is 0.0935. The van der Waals surface area contributed by atoms with Gasteiger partial charge in [0.2, 0.25) is 15.6 Å². The highest BCUT2D eigenvalue weighted by Crippen LogP contribution is 2.60. The van der Waals surface area contributed by atoms with Crippen LogP contribution in [0, 0.1) is 17.3 Å². The van der Waals surface area contributed by atoms with E-state index in [4.69, 9.17) is 0 Å². The third kappa shape index (κ3) is 3.08. The smallest absolute Gasteiger partial charge is 0.418 e. The number of halogens is 3. The van der Waals surface area contributed by atoms with Gasteiger partial charge in [0.15, 0.2) is 0 Å². The Labute approximate surface area is 139 Å². The van der Waals surface area contributed by atoms with Crippen LogP contribution in [0.4, 0.5) is 13.2 Å². The molecule has 0 aliphatic heterocycles. The summed E-state index contributed by atoms with van der Waals surface area (Å²) in [7, 11) is -3.49. The summed E-state index contributed by atoms with van der Waals surface area (Å²) < 4.78 is 70.2. The van der Waals surface area contributed by atoms with Crippen molar-refractivity contribution in [3.8, 4) is 0 Å². The number of esters is 1. The number of rotatable bonds is 5. The standard InChI is InChI=1S/C15H22F3NO4S/c1-13(2)10-6-5-9(11(13)7-10)8-14(12(20)23-3,15(16,17)18)19-24(4,21)22/h5,10-11,19H,6-8H2,1-4H3. The average Bonchev–Trinajstić information content (AvgIpc) is 2.42. The van der Waals surface area contributed by atoms with Crippen molar-refractivity contribution in [1.29, 1.82) is 0 Å². The van der Waals surface area contributed by atoms with Crippen molar-refractivity contribution in [2.45, 2.75) is 44.8 Å². The molecule has 0 radical (unpaired) electrons. The van der Waals surface area contributed by atoms with Gasteiger partial charge in [-0.3, -0.25) is 0 Å². The van der Waals surface area contributed by atoms with Gasteiger partial charge in [-0.15, -0.1) is 0 Å². The molecule has 1 N–H and O–H groups in total. The summed E-state index contributed by atoms with van der Waals surface area (Å²) in [6.45, 7) is 3.96. The van der Waals surface area contributed by atoms with E-state index in [0.29, 0.717) is 24.2 Å². The first-order valence-corrected chi connectivity index (χ1v) is 9.47. The summed E-state index contributed by atoms with van der Waals surface area (Å²) >= 11 is 0. The van der Waals surface area contributed by atoms with E-state index in [-0.39, 0.29) is 11.3 Å². The summed E-state index contributed by atoms with van der Waals surface area (Å²) in [4.78, 5) is 12.0. The highest BCUT2D eigenvalue weighted by atomic mass is 32.2. The Morgan fingerprint density at radius 3 is 2.38 bits per heavy atom. The molecule has 1 fully saturated rings. The molecule has 0 aromatic carbocycles. The normalized spacial score (nSPS) is 28.4. The fourth-order valence-electron chi connectivity index (χ4n) is 3.90. The molecule has 0 aromatic rings. The van der Waals surface area contributed by atoms with Gasteiger partial charge >= 0.3 is 12.1 Å². The Bertz CT molecular complexity index is 669. The van der Waals surface area contributed by atoms with Crippen molar-refractivity contribution in [2.24, 2.45) is 17.3 Å². The first kappa shape index (κ1) is 19.2. The number of allylic oxidation sites excluding steroid dienone is 1. The van der Waals surface area contributed by atoms with Gasteiger partial charge in [0, 0.05) is 6.42 Å². The summed E-state index contributed by atoms with van der Waals surface area (Å²) in [5, 5.41) is 0. The predicted octanol–water partition coefficient (Wildman–Crippen LogP) is 2.39. The van der Waals surface area contributed by atoms with Crippen LogP contribution in [0.3, 0.4) is 0 Å². The molecule has 138 valence electrons. The predicted molar refractivity (Wildman–Crippen MR) is 81.5 cm³/mol. The van der Waals surface area contributed by atoms with E-state index in [1.54, 1.807) is 6.08 Å². The van der Waals surface area contributed by atoms with Gasteiger partial charge in [0.25, 0.3) is 0 Å². The van der Waals surface area contributed by atoms with Crippen LogP contribution >= 0.6 is 0 Å². The Hall–Kier alpha value is -1.09. The zero-order valence-electron chi connectivity index (χ0n) is 14.0. The van der Waals surface area contributed by atoms with Gasteiger partial charge in [0.05, 0.1) is 13.4 Å². The quantitative estimate of drug-likeness (QED) is 0.597. The molecule has 3 aliphatic carbocycles. The molecule has 3 atom stereocenters. The minimum Gasteiger partial charge on any atom is -0.467 e. The van der Waals surface area contributed by atoms with Gasteiger partial charge in [0.1, 0.15) is 0 Å². The molecule has 0 aromatic heterocycles. The number of alkyl halides is 3. The molecule has 0 amide bonds. The number of sulfonamides is 1. The summed E-state index contributed by atoms with van der Waals surface area (Å²) in [6, 6.07) is 0. The second-order valence-corrected chi connectivity index (χ2v) is 9.02. The Morgan fingerprint density at radius 1 is 1.42 bits per heavy atom.